The molecule has 17 rings (SSSR count). The van der Waals surface area contributed by atoms with E-state index in [2.05, 4.69) is 47.9 Å². The summed E-state index contributed by atoms with van der Waals surface area (Å²) in [6, 6.07) is 6.27. The Kier molecular flexibility index (Phi) is 26.3. The number of nitrogens with two attached hydrogens (primary N) is 2. The second-order valence-corrected chi connectivity index (χ2v) is 34.7. The zero-order valence-corrected chi connectivity index (χ0v) is 69.0. The number of carbonyl (C=O) groups is 9. The van der Waals surface area contributed by atoms with Gasteiger partial charge < -0.3 is 128 Å². The van der Waals surface area contributed by atoms with Crippen LogP contribution in [0.25, 0.3) is 11.1 Å². The second kappa shape index (κ2) is 36.6. The van der Waals surface area contributed by atoms with Crippen molar-refractivity contribution >= 4 is 64.8 Å². The highest BCUT2D eigenvalue weighted by atomic mass is 35.5. The minimum absolute atomic E-state index is 0.0602. The van der Waals surface area contributed by atoms with Gasteiger partial charge in [-0.2, -0.15) is 0 Å². The summed E-state index contributed by atoms with van der Waals surface area (Å²) < 4.78 is 39.1. The van der Waals surface area contributed by atoms with Crippen LogP contribution < -0.4 is 78.3 Å². The van der Waals surface area contributed by atoms with Gasteiger partial charge in [0.2, 0.25) is 47.1 Å². The number of hydrogen-bond acceptors (Lipinski definition) is 27. The summed E-state index contributed by atoms with van der Waals surface area (Å²) in [5.74, 6) is -15.3. The summed E-state index contributed by atoms with van der Waals surface area (Å²) in [5.41, 5.74) is 9.30. The number of ether oxygens (including phenoxy) is 6. The second-order valence-electron chi connectivity index (χ2n) is 34.2. The third kappa shape index (κ3) is 18.9. The van der Waals surface area contributed by atoms with E-state index in [-0.39, 0.29) is 112 Å². The molecule has 9 amide bonds. The Morgan fingerprint density at radius 2 is 1.30 bits per heavy atom. The van der Waals surface area contributed by atoms with Gasteiger partial charge in [0, 0.05) is 54.3 Å². The number of halogens is 1. The SMILES string of the molecule is CN[C@H](CC(C)C)C(=O)N[C@H]1C(=O)NC(C(=O)NC(=O)Cc2ccc(OCCN)cc2)C(=O)N[C@H]2C(=O)N[C@H]3C(=O)N[C@H](C(=O)N[C@H](C(=O)NC4C5CC6CC(C5)CC4C6)c4cc(O)cc(O)c4-c4cc3ccc4O)[C@H](O)c3ccc(c(Cl)c3)Oc3cc2cc(c3O[C@@H]2C[C@H](CO)[C@@H](O)[C@H](O)[C@H]2O[C@H]2C[C@](C)(N)[C@H](O)[C@H](C)O2)Oc2ccc(cc2C)[C@H]1O. The van der Waals surface area contributed by atoms with Gasteiger partial charge in [-0.1, -0.05) is 55.8 Å². The number of phenols is 3. The lowest BCUT2D eigenvalue weighted by Crippen LogP contribution is -2.63. The van der Waals surface area contributed by atoms with Gasteiger partial charge in [0.25, 0.3) is 11.8 Å². The van der Waals surface area contributed by atoms with Crippen LogP contribution in [-0.2, 0) is 59.0 Å². The molecule has 1 saturated heterocycles. The molecule has 18 atom stereocenters. The molecule has 0 radical (unpaired) electrons. The van der Waals surface area contributed by atoms with Crippen molar-refractivity contribution in [3.8, 4) is 62.9 Å². The topological polar surface area (TPSA) is 551 Å². The molecule has 0 aromatic heterocycles. The molecule has 35 nitrogen and oxygen atoms in total. The van der Waals surface area contributed by atoms with Gasteiger partial charge in [-0.3, -0.25) is 48.5 Å². The number of aromatic hydroxyl groups is 3. The predicted molar refractivity (Wildman–Crippen MR) is 438 cm³/mol. The molecule has 22 N–H and O–H groups in total. The monoisotopic (exact) mass is 1720 g/mol. The standard InChI is InChI=1S/C87H104ClN11O24/c1-36(2)19-54(91-6)79(110)97-69-72(105)43-10-15-57(37(3)20-43)120-59-29-47-30-60(76(59)122-61-31-48(35-100)74(107)75(108)77(61)123-63-34-87(5,90)78(109)38(4)119-63)121-58-16-11-44(28-53(58)88)73(106)70-83(114)96-68(82(113)93-65-45-22-40-21-41(24-45)25-46(65)23-40)52-32-49(101)33-56(103)64(52)51-27-42(9-14-55(51)102)66(80(111)98-70)94-81(112)67(47)95-86(117)71(99-84(69)115)85(116)92-62(104)26-39-7-12-50(13-8-39)118-18-17-89/h7-16,20,27-30,32-33,36,38,40-41,45-46,48,54,61,63,65-75,77-78,91,100-103,105-109H,17-19,21-26,31,34-35,89-90H2,1-6H3,(H,93,113)(H,94,112)(H,95,117)(H,96,114)(H,97,110)(H,98,111)(H,99,115)(H,92,104,116)/t38-,40?,41?,45?,46?,48+,54+,61+,63-,65?,66+,67+,68-,69+,70-,71?,72+,73+,74+,75-,77-,78+,87-/m0/s1. The Bertz CT molecular complexity index is 5030. The molecular formula is C87H104ClN11O24. The quantitative estimate of drug-likeness (QED) is 0.0550. The van der Waals surface area contributed by atoms with Crippen molar-refractivity contribution in [1.82, 2.24) is 47.9 Å². The molecule has 6 heterocycles. The number of fused-ring (bicyclic) bond motifs is 15. The maximum Gasteiger partial charge on any atom is 0.258 e. The molecular weight excluding hydrogens is 1620 g/mol. The molecule has 6 aliphatic heterocycles. The van der Waals surface area contributed by atoms with Crippen molar-refractivity contribution in [2.75, 3.05) is 26.8 Å². The first kappa shape index (κ1) is 88.5. The summed E-state index contributed by atoms with van der Waals surface area (Å²) >= 11 is 7.31. The number of carbonyl (C=O) groups excluding carboxylic acids is 9. The predicted octanol–water partition coefficient (Wildman–Crippen LogP) is 2.63. The summed E-state index contributed by atoms with van der Waals surface area (Å²) in [4.78, 5) is 140. The lowest BCUT2D eigenvalue weighted by atomic mass is 9.54. The van der Waals surface area contributed by atoms with Crippen LogP contribution in [-0.4, -0.2) is 205 Å². The lowest BCUT2D eigenvalue weighted by molar-refractivity contribution is -0.286. The van der Waals surface area contributed by atoms with Gasteiger partial charge in [0.15, 0.2) is 23.8 Å². The molecule has 123 heavy (non-hydrogen) atoms. The average molecular weight is 1720 g/mol. The van der Waals surface area contributed by atoms with Gasteiger partial charge in [0.05, 0.1) is 35.8 Å². The number of imide groups is 1. The third-order valence-electron chi connectivity index (χ3n) is 24.8. The van der Waals surface area contributed by atoms with Gasteiger partial charge >= 0.3 is 0 Å². The number of hydrogen-bond donors (Lipinski definition) is 20. The van der Waals surface area contributed by atoms with E-state index in [0.717, 1.165) is 80.6 Å². The Hall–Kier alpha value is -10.8. The van der Waals surface area contributed by atoms with E-state index < -0.39 is 215 Å². The van der Waals surface area contributed by atoms with Crippen LogP contribution in [0.2, 0.25) is 5.02 Å². The van der Waals surface area contributed by atoms with Gasteiger partial charge in [-0.05, 0) is 208 Å². The first-order chi connectivity index (χ1) is 58.5. The molecule has 36 heteroatoms. The van der Waals surface area contributed by atoms with Crippen molar-refractivity contribution in [1.29, 1.82) is 0 Å². The minimum atomic E-state index is -2.69. The van der Waals surface area contributed by atoms with Crippen molar-refractivity contribution in [2.24, 2.45) is 47.0 Å². The fourth-order valence-electron chi connectivity index (χ4n) is 18.7. The van der Waals surface area contributed by atoms with Crippen LogP contribution >= 0.6 is 11.6 Å². The Morgan fingerprint density at radius 3 is 1.94 bits per heavy atom. The molecule has 5 saturated carbocycles. The zero-order valence-electron chi connectivity index (χ0n) is 68.3. The normalized spacial score (nSPS) is 30.6. The number of amides is 9. The molecule has 6 fully saturated rings. The Labute approximate surface area is 711 Å². The number of likely N-dealkylation sites (N-methyl/N-ethyl adjacent to an activating group) is 1. The van der Waals surface area contributed by atoms with E-state index in [4.69, 9.17) is 51.5 Å². The van der Waals surface area contributed by atoms with Gasteiger partial charge in [-0.25, -0.2) is 0 Å². The van der Waals surface area contributed by atoms with Crippen LogP contribution in [0.3, 0.4) is 0 Å². The van der Waals surface area contributed by atoms with Crippen molar-refractivity contribution in [3.05, 3.63) is 147 Å². The van der Waals surface area contributed by atoms with Crippen LogP contribution in [0, 0.1) is 42.4 Å². The van der Waals surface area contributed by atoms with Crippen LogP contribution in [0.4, 0.5) is 0 Å². The summed E-state index contributed by atoms with van der Waals surface area (Å²) in [7, 11) is 1.48. The number of benzene rings is 6. The van der Waals surface area contributed by atoms with E-state index in [1.54, 1.807) is 6.92 Å². The molecule has 658 valence electrons. The lowest BCUT2D eigenvalue weighted by Gasteiger charge is -2.54. The zero-order chi connectivity index (χ0) is 88.1. The van der Waals surface area contributed by atoms with Gasteiger partial charge in [0.1, 0.15) is 102 Å². The summed E-state index contributed by atoms with van der Waals surface area (Å²) in [6.45, 7) is 7.85. The number of aliphatic hydroxyl groups is 6. The fraction of sp³-hybridized carbons (Fsp3) is 0.483. The molecule has 6 aromatic rings. The summed E-state index contributed by atoms with van der Waals surface area (Å²) in [6.07, 6.45) is -11.1. The average Bonchev–Trinajstić information content (AvgIpc) is 0.756. The molecule has 1 unspecified atom stereocenters. The number of nitrogens with one attached hydrogen (secondary N) is 9. The molecule has 5 aliphatic carbocycles. The van der Waals surface area contributed by atoms with Crippen LogP contribution in [0.1, 0.15) is 148 Å². The van der Waals surface area contributed by atoms with Crippen LogP contribution in [0.15, 0.2) is 103 Å². The van der Waals surface area contributed by atoms with Crippen LogP contribution in [0.5, 0.6) is 51.7 Å². The summed E-state index contributed by atoms with van der Waals surface area (Å²) in [5, 5.41) is 131. The maximum atomic E-state index is 16.7. The van der Waals surface area contributed by atoms with Crippen molar-refractivity contribution < 1.29 is 118 Å². The molecule has 0 spiro atoms. The molecule has 15 bridgehead atoms. The van der Waals surface area contributed by atoms with Gasteiger partial charge in [-0.15, -0.1) is 0 Å². The first-order valence-electron chi connectivity index (χ1n) is 41.2. The Balaban J connectivity index is 0.969. The van der Waals surface area contributed by atoms with E-state index in [0.29, 0.717) is 23.1 Å². The van der Waals surface area contributed by atoms with E-state index in [9.17, 15) is 55.5 Å². The smallest absolute Gasteiger partial charge is 0.258 e. The fourth-order valence-corrected chi connectivity index (χ4v) is 18.9. The number of aliphatic hydroxyl groups excluding tert-OH is 6. The Morgan fingerprint density at radius 1 is 0.667 bits per heavy atom. The van der Waals surface area contributed by atoms with E-state index >= 15 is 33.6 Å². The highest BCUT2D eigenvalue weighted by molar-refractivity contribution is 6.32. The number of aryl methyl sites for hydroxylation is 1. The largest absolute Gasteiger partial charge is 0.508 e. The number of phenolic OH excluding ortho intramolecular Hbond substituents is 3. The van der Waals surface area contributed by atoms with E-state index in [1.165, 1.54) is 75.5 Å². The molecule has 6 aromatic carbocycles. The van der Waals surface area contributed by atoms with Crippen molar-refractivity contribution in [3.63, 3.8) is 0 Å². The highest BCUT2D eigenvalue weighted by Gasteiger charge is 2.53. The third-order valence-corrected chi connectivity index (χ3v) is 25.1. The first-order valence-corrected chi connectivity index (χ1v) is 41.6. The minimum Gasteiger partial charge on any atom is -0.508 e. The maximum absolute atomic E-state index is 16.7. The number of rotatable bonds is 18. The van der Waals surface area contributed by atoms with Crippen molar-refractivity contribution in [2.45, 2.75) is 201 Å². The highest BCUT2D eigenvalue weighted by Crippen LogP contribution is 2.55. The van der Waals surface area contributed by atoms with E-state index in [1.807, 2.05) is 13.8 Å². The molecule has 11 aliphatic rings.